The molecule has 0 saturated carbocycles. The van der Waals surface area contributed by atoms with E-state index in [0.29, 0.717) is 5.92 Å². The highest BCUT2D eigenvalue weighted by Gasteiger charge is 2.38. The van der Waals surface area contributed by atoms with Crippen molar-refractivity contribution in [1.29, 1.82) is 0 Å². The van der Waals surface area contributed by atoms with Gasteiger partial charge in [-0.05, 0) is 73.7 Å². The van der Waals surface area contributed by atoms with Crippen molar-refractivity contribution in [3.8, 4) is 0 Å². The molecule has 21 heavy (non-hydrogen) atoms. The number of fused-ring (bicyclic) bond motifs is 2. The lowest BCUT2D eigenvalue weighted by Crippen LogP contribution is -2.14. The van der Waals surface area contributed by atoms with Gasteiger partial charge < -0.3 is 0 Å². The molecule has 0 spiro atoms. The van der Waals surface area contributed by atoms with Gasteiger partial charge in [-0.25, -0.2) is 0 Å². The minimum absolute atomic E-state index is 0.717. The van der Waals surface area contributed by atoms with E-state index in [2.05, 4.69) is 51.7 Å². The molecule has 0 aromatic rings. The van der Waals surface area contributed by atoms with Crippen LogP contribution in [0.3, 0.4) is 0 Å². The van der Waals surface area contributed by atoms with E-state index in [9.17, 15) is 0 Å². The van der Waals surface area contributed by atoms with E-state index < -0.39 is 0 Å². The number of hydrogen-bond acceptors (Lipinski definition) is 0. The highest BCUT2D eigenvalue weighted by molar-refractivity contribution is 5.61. The van der Waals surface area contributed by atoms with Gasteiger partial charge in [-0.2, -0.15) is 0 Å². The molecule has 0 nitrogen and oxygen atoms in total. The van der Waals surface area contributed by atoms with Crippen LogP contribution in [-0.2, 0) is 0 Å². The van der Waals surface area contributed by atoms with E-state index in [1.807, 2.05) is 6.08 Å². The molecular weight excluding hydrogens is 252 g/mol. The summed E-state index contributed by atoms with van der Waals surface area (Å²) < 4.78 is 0. The molecule has 0 fully saturated rings. The zero-order chi connectivity index (χ0) is 15.0. The van der Waals surface area contributed by atoms with Crippen molar-refractivity contribution in [2.75, 3.05) is 0 Å². The summed E-state index contributed by atoms with van der Waals surface area (Å²) in [6.07, 6.45) is 16.4. The largest absolute Gasteiger partial charge is 0.0985 e. The Morgan fingerprint density at radius 3 is 2.81 bits per heavy atom. The van der Waals surface area contributed by atoms with Crippen molar-refractivity contribution in [2.24, 2.45) is 11.8 Å². The van der Waals surface area contributed by atoms with Gasteiger partial charge in [0.2, 0.25) is 0 Å². The average molecular weight is 278 g/mol. The minimum atomic E-state index is 0.717. The Morgan fingerprint density at radius 2 is 2.14 bits per heavy atom. The first kappa shape index (κ1) is 14.4. The van der Waals surface area contributed by atoms with Gasteiger partial charge in [0.1, 0.15) is 0 Å². The Morgan fingerprint density at radius 1 is 1.33 bits per heavy atom. The molecule has 3 aliphatic rings. The standard InChI is InChI=1S/C21H26/c1-5-15(6-2)16-9-11-19-17(7-3)18-10-8-14(4)12-20(18)21(19)13-16/h5-6,9,12-13,17,19H,1,7-8,10-11H2,2-4H3/b15-6+. The van der Waals surface area contributed by atoms with Crippen LogP contribution in [0.2, 0.25) is 0 Å². The molecule has 0 bridgehead atoms. The van der Waals surface area contributed by atoms with Crippen molar-refractivity contribution in [3.63, 3.8) is 0 Å². The first-order valence-corrected chi connectivity index (χ1v) is 8.31. The van der Waals surface area contributed by atoms with Crippen LogP contribution in [0.1, 0.15) is 46.5 Å². The summed E-state index contributed by atoms with van der Waals surface area (Å²) in [5.74, 6) is 1.49. The second-order valence-electron chi connectivity index (χ2n) is 6.49. The average Bonchev–Trinajstić information content (AvgIpc) is 2.81. The van der Waals surface area contributed by atoms with E-state index in [4.69, 9.17) is 0 Å². The fourth-order valence-electron chi connectivity index (χ4n) is 4.28. The Labute approximate surface area is 129 Å². The summed E-state index contributed by atoms with van der Waals surface area (Å²) >= 11 is 0. The van der Waals surface area contributed by atoms with Gasteiger partial charge in [-0.3, -0.25) is 0 Å². The van der Waals surface area contributed by atoms with E-state index in [0.717, 1.165) is 5.92 Å². The Bertz CT molecular complexity index is 616. The zero-order valence-electron chi connectivity index (χ0n) is 13.6. The predicted octanol–water partition coefficient (Wildman–Crippen LogP) is 6.07. The summed E-state index contributed by atoms with van der Waals surface area (Å²) in [4.78, 5) is 0. The van der Waals surface area contributed by atoms with Crippen molar-refractivity contribution in [3.05, 3.63) is 70.4 Å². The van der Waals surface area contributed by atoms with E-state index in [-0.39, 0.29) is 0 Å². The maximum absolute atomic E-state index is 3.95. The summed E-state index contributed by atoms with van der Waals surface area (Å²) in [6.45, 7) is 10.7. The van der Waals surface area contributed by atoms with Gasteiger partial charge in [-0.1, -0.05) is 55.0 Å². The summed E-state index contributed by atoms with van der Waals surface area (Å²) in [7, 11) is 0. The van der Waals surface area contributed by atoms with Crippen LogP contribution < -0.4 is 0 Å². The van der Waals surface area contributed by atoms with Crippen molar-refractivity contribution in [1.82, 2.24) is 0 Å². The van der Waals surface area contributed by atoms with Gasteiger partial charge >= 0.3 is 0 Å². The highest BCUT2D eigenvalue weighted by Crippen LogP contribution is 2.51. The smallest absolute Gasteiger partial charge is 0.00551 e. The van der Waals surface area contributed by atoms with Crippen molar-refractivity contribution in [2.45, 2.75) is 46.5 Å². The monoisotopic (exact) mass is 278 g/mol. The molecule has 0 saturated heterocycles. The molecule has 0 aliphatic heterocycles. The Hall–Kier alpha value is -1.56. The molecular formula is C21H26. The van der Waals surface area contributed by atoms with Gasteiger partial charge in [0, 0.05) is 0 Å². The van der Waals surface area contributed by atoms with E-state index >= 15 is 0 Å². The van der Waals surface area contributed by atoms with Crippen LogP contribution in [0.25, 0.3) is 0 Å². The third-order valence-corrected chi connectivity index (χ3v) is 5.38. The fraction of sp³-hybridized carbons (Fsp3) is 0.429. The first-order valence-electron chi connectivity index (χ1n) is 8.31. The molecule has 0 N–H and O–H groups in total. The molecule has 2 atom stereocenters. The van der Waals surface area contributed by atoms with E-state index in [1.54, 1.807) is 16.7 Å². The molecule has 0 amide bonds. The summed E-state index contributed by atoms with van der Waals surface area (Å²) in [5.41, 5.74) is 9.06. The second-order valence-corrected chi connectivity index (χ2v) is 6.49. The van der Waals surface area contributed by atoms with Crippen molar-refractivity contribution < 1.29 is 0 Å². The molecule has 0 aromatic carbocycles. The molecule has 3 rings (SSSR count). The van der Waals surface area contributed by atoms with Crippen LogP contribution in [0.15, 0.2) is 70.4 Å². The number of rotatable bonds is 3. The van der Waals surface area contributed by atoms with Gasteiger partial charge in [0.05, 0.1) is 0 Å². The maximum Gasteiger partial charge on any atom is -0.00551 e. The number of allylic oxidation sites excluding steroid dienone is 11. The molecule has 0 aromatic heterocycles. The highest BCUT2D eigenvalue weighted by atomic mass is 14.4. The Balaban J connectivity index is 2.05. The normalized spacial score (nSPS) is 28.5. The predicted molar refractivity (Wildman–Crippen MR) is 92.0 cm³/mol. The minimum Gasteiger partial charge on any atom is -0.0985 e. The quantitative estimate of drug-likeness (QED) is 0.550. The second kappa shape index (κ2) is 5.67. The molecule has 110 valence electrons. The zero-order valence-corrected chi connectivity index (χ0v) is 13.6. The topological polar surface area (TPSA) is 0 Å². The Kier molecular flexibility index (Phi) is 3.89. The lowest BCUT2D eigenvalue weighted by Gasteiger charge is -2.24. The molecule has 2 unspecified atom stereocenters. The van der Waals surface area contributed by atoms with Crippen LogP contribution >= 0.6 is 0 Å². The molecule has 3 aliphatic carbocycles. The van der Waals surface area contributed by atoms with Crippen molar-refractivity contribution >= 4 is 0 Å². The molecule has 0 heterocycles. The third-order valence-electron chi connectivity index (χ3n) is 5.38. The number of hydrogen-bond donors (Lipinski definition) is 0. The van der Waals surface area contributed by atoms with Gasteiger partial charge in [0.15, 0.2) is 0 Å². The first-order chi connectivity index (χ1) is 10.2. The van der Waals surface area contributed by atoms with E-state index in [1.165, 1.54) is 42.4 Å². The van der Waals surface area contributed by atoms with Crippen LogP contribution in [0.5, 0.6) is 0 Å². The summed E-state index contributed by atoms with van der Waals surface area (Å²) in [5, 5.41) is 0. The summed E-state index contributed by atoms with van der Waals surface area (Å²) in [6, 6.07) is 0. The van der Waals surface area contributed by atoms with Crippen LogP contribution in [-0.4, -0.2) is 0 Å². The third kappa shape index (κ3) is 2.31. The van der Waals surface area contributed by atoms with Gasteiger partial charge in [0.25, 0.3) is 0 Å². The molecule has 0 radical (unpaired) electrons. The lowest BCUT2D eigenvalue weighted by atomic mass is 9.79. The maximum atomic E-state index is 3.95. The van der Waals surface area contributed by atoms with Crippen LogP contribution in [0.4, 0.5) is 0 Å². The SMILES string of the molecule is C=C/C(=C\C)C1=CCC2C(=C1)C1=C(CCC(C)=C1)C2CC. The van der Waals surface area contributed by atoms with Gasteiger partial charge in [-0.15, -0.1) is 0 Å². The fourth-order valence-corrected chi connectivity index (χ4v) is 4.28. The van der Waals surface area contributed by atoms with Crippen LogP contribution in [0, 0.1) is 11.8 Å². The lowest BCUT2D eigenvalue weighted by molar-refractivity contribution is 0.438. The molecule has 0 heteroatoms.